The van der Waals surface area contributed by atoms with Crippen molar-refractivity contribution >= 4 is 0 Å². The Morgan fingerprint density at radius 1 is 1.17 bits per heavy atom. The van der Waals surface area contributed by atoms with Crippen molar-refractivity contribution in [3.05, 3.63) is 6.42 Å². The van der Waals surface area contributed by atoms with Crippen LogP contribution in [0.4, 0.5) is 0 Å². The lowest BCUT2D eigenvalue weighted by molar-refractivity contribution is 0.351. The van der Waals surface area contributed by atoms with E-state index >= 15 is 0 Å². The van der Waals surface area contributed by atoms with Crippen LogP contribution in [0.15, 0.2) is 0 Å². The van der Waals surface area contributed by atoms with Crippen molar-refractivity contribution in [2.45, 2.75) is 64.7 Å². The predicted molar refractivity (Wildman–Crippen MR) is 55.0 cm³/mol. The van der Waals surface area contributed by atoms with Crippen molar-refractivity contribution < 1.29 is 0 Å². The lowest BCUT2D eigenvalue weighted by Crippen LogP contribution is -2.05. The van der Waals surface area contributed by atoms with Crippen molar-refractivity contribution in [2.75, 3.05) is 0 Å². The molecular weight excluding hydrogens is 144 g/mol. The second-order valence-corrected chi connectivity index (χ2v) is 4.17. The average Bonchev–Trinajstić information content (AvgIpc) is 2.14. The van der Waals surface area contributed by atoms with Gasteiger partial charge >= 0.3 is 0 Å². The topological polar surface area (TPSA) is 0 Å². The maximum Gasteiger partial charge on any atom is -0.0383 e. The van der Waals surface area contributed by atoms with E-state index < -0.39 is 0 Å². The van der Waals surface area contributed by atoms with Gasteiger partial charge in [-0.1, -0.05) is 58.3 Å². The molecule has 0 aromatic heterocycles. The van der Waals surface area contributed by atoms with E-state index in [9.17, 15) is 0 Å². The molecule has 0 aromatic carbocycles. The molecule has 0 heteroatoms. The standard InChI is InChI=1S/C12H23/c1-2-3-4-6-9-12-10-7-5-8-11-12/h6,12H,2-5,7-11H2,1H3. The Morgan fingerprint density at radius 3 is 2.58 bits per heavy atom. The van der Waals surface area contributed by atoms with Gasteiger partial charge in [-0.25, -0.2) is 0 Å². The molecule has 1 aliphatic rings. The Morgan fingerprint density at radius 2 is 1.92 bits per heavy atom. The summed E-state index contributed by atoms with van der Waals surface area (Å²) in [6.07, 6.45) is 15.5. The van der Waals surface area contributed by atoms with Crippen LogP contribution in [0.3, 0.4) is 0 Å². The summed E-state index contributed by atoms with van der Waals surface area (Å²) in [6.45, 7) is 2.27. The molecule has 1 fully saturated rings. The van der Waals surface area contributed by atoms with Crippen molar-refractivity contribution in [3.63, 3.8) is 0 Å². The van der Waals surface area contributed by atoms with Crippen molar-refractivity contribution in [3.8, 4) is 0 Å². The molecule has 71 valence electrons. The summed E-state index contributed by atoms with van der Waals surface area (Å²) in [6, 6.07) is 0. The molecule has 0 aromatic rings. The van der Waals surface area contributed by atoms with Gasteiger partial charge in [0.15, 0.2) is 0 Å². The van der Waals surface area contributed by atoms with Gasteiger partial charge in [-0.3, -0.25) is 0 Å². The van der Waals surface area contributed by atoms with E-state index in [0.717, 1.165) is 5.92 Å². The highest BCUT2D eigenvalue weighted by atomic mass is 14.2. The van der Waals surface area contributed by atoms with Crippen LogP contribution < -0.4 is 0 Å². The molecule has 0 atom stereocenters. The van der Waals surface area contributed by atoms with Crippen LogP contribution in [0, 0.1) is 12.3 Å². The van der Waals surface area contributed by atoms with Crippen LogP contribution in [0.1, 0.15) is 64.7 Å². The quantitative estimate of drug-likeness (QED) is 0.534. The minimum absolute atomic E-state index is 1.05. The average molecular weight is 167 g/mol. The van der Waals surface area contributed by atoms with E-state index in [4.69, 9.17) is 0 Å². The zero-order valence-electron chi connectivity index (χ0n) is 8.52. The van der Waals surface area contributed by atoms with E-state index in [0.29, 0.717) is 0 Å². The Kier molecular flexibility index (Phi) is 5.47. The normalized spacial score (nSPS) is 19.8. The third kappa shape index (κ3) is 4.13. The minimum Gasteiger partial charge on any atom is -0.0654 e. The van der Waals surface area contributed by atoms with Crippen LogP contribution in [0.2, 0.25) is 0 Å². The van der Waals surface area contributed by atoms with Gasteiger partial charge in [0.2, 0.25) is 0 Å². The lowest BCUT2D eigenvalue weighted by atomic mass is 9.85. The van der Waals surface area contributed by atoms with Gasteiger partial charge in [-0.2, -0.15) is 0 Å². The minimum atomic E-state index is 1.05. The lowest BCUT2D eigenvalue weighted by Gasteiger charge is -2.20. The Bertz CT molecular complexity index is 90.2. The van der Waals surface area contributed by atoms with Crippen molar-refractivity contribution in [1.82, 2.24) is 0 Å². The first-order valence-corrected chi connectivity index (χ1v) is 5.75. The summed E-state index contributed by atoms with van der Waals surface area (Å²) < 4.78 is 0. The molecule has 0 aliphatic heterocycles. The molecule has 0 spiro atoms. The summed E-state index contributed by atoms with van der Waals surface area (Å²) in [5.74, 6) is 1.05. The Hall–Kier alpha value is 0. The van der Waals surface area contributed by atoms with E-state index in [1.54, 1.807) is 0 Å². The molecule has 1 radical (unpaired) electrons. The summed E-state index contributed by atoms with van der Waals surface area (Å²) in [5.41, 5.74) is 0. The highest BCUT2D eigenvalue weighted by molar-refractivity contribution is 4.73. The summed E-state index contributed by atoms with van der Waals surface area (Å²) in [4.78, 5) is 0. The monoisotopic (exact) mass is 167 g/mol. The number of unbranched alkanes of at least 4 members (excludes halogenated alkanes) is 3. The van der Waals surface area contributed by atoms with Gasteiger partial charge in [0, 0.05) is 0 Å². The largest absolute Gasteiger partial charge is 0.0654 e. The van der Waals surface area contributed by atoms with Gasteiger partial charge in [0.1, 0.15) is 0 Å². The molecule has 1 aliphatic carbocycles. The summed E-state index contributed by atoms with van der Waals surface area (Å²) in [7, 11) is 0. The van der Waals surface area contributed by atoms with Crippen LogP contribution in [0.25, 0.3) is 0 Å². The van der Waals surface area contributed by atoms with Gasteiger partial charge in [-0.15, -0.1) is 0 Å². The number of rotatable bonds is 5. The Labute approximate surface area is 77.7 Å². The SMILES string of the molecule is CCCC[CH]CC1CCCCC1. The first-order chi connectivity index (χ1) is 5.93. The van der Waals surface area contributed by atoms with Gasteiger partial charge in [0.05, 0.1) is 0 Å². The molecule has 0 amide bonds. The highest BCUT2D eigenvalue weighted by Crippen LogP contribution is 2.27. The molecule has 0 N–H and O–H groups in total. The van der Waals surface area contributed by atoms with Crippen LogP contribution in [0.5, 0.6) is 0 Å². The maximum absolute atomic E-state index is 2.53. The van der Waals surface area contributed by atoms with E-state index in [1.165, 1.54) is 57.8 Å². The third-order valence-corrected chi connectivity index (χ3v) is 2.99. The highest BCUT2D eigenvalue weighted by Gasteiger charge is 2.12. The van der Waals surface area contributed by atoms with E-state index in [2.05, 4.69) is 13.3 Å². The molecule has 0 heterocycles. The fourth-order valence-corrected chi connectivity index (χ4v) is 2.12. The van der Waals surface area contributed by atoms with Crippen LogP contribution in [-0.4, -0.2) is 0 Å². The summed E-state index contributed by atoms with van der Waals surface area (Å²) >= 11 is 0. The van der Waals surface area contributed by atoms with Crippen molar-refractivity contribution in [2.24, 2.45) is 5.92 Å². The van der Waals surface area contributed by atoms with E-state index in [1.807, 2.05) is 0 Å². The molecule has 0 bridgehead atoms. The van der Waals surface area contributed by atoms with Gasteiger partial charge in [0.25, 0.3) is 0 Å². The van der Waals surface area contributed by atoms with Gasteiger partial charge in [-0.05, 0) is 18.8 Å². The number of hydrogen-bond acceptors (Lipinski definition) is 0. The molecule has 0 saturated heterocycles. The smallest absolute Gasteiger partial charge is 0.0383 e. The molecular formula is C12H23. The molecule has 0 nitrogen and oxygen atoms in total. The fourth-order valence-electron chi connectivity index (χ4n) is 2.12. The fraction of sp³-hybridized carbons (Fsp3) is 0.917. The first-order valence-electron chi connectivity index (χ1n) is 5.75. The molecule has 1 rings (SSSR count). The second kappa shape index (κ2) is 6.51. The van der Waals surface area contributed by atoms with Gasteiger partial charge < -0.3 is 0 Å². The van der Waals surface area contributed by atoms with Crippen LogP contribution >= 0.6 is 0 Å². The number of hydrogen-bond donors (Lipinski definition) is 0. The predicted octanol–water partition coefficient (Wildman–Crippen LogP) is 4.35. The first kappa shape index (κ1) is 10.1. The second-order valence-electron chi connectivity index (χ2n) is 4.17. The molecule has 1 saturated carbocycles. The Balaban J connectivity index is 1.91. The maximum atomic E-state index is 2.53. The zero-order valence-corrected chi connectivity index (χ0v) is 8.52. The molecule has 12 heavy (non-hydrogen) atoms. The third-order valence-electron chi connectivity index (χ3n) is 2.99. The van der Waals surface area contributed by atoms with E-state index in [-0.39, 0.29) is 0 Å². The van der Waals surface area contributed by atoms with Crippen molar-refractivity contribution in [1.29, 1.82) is 0 Å². The van der Waals surface area contributed by atoms with Crippen LogP contribution in [-0.2, 0) is 0 Å². The molecule has 0 unspecified atom stereocenters. The zero-order chi connectivity index (χ0) is 8.65. The summed E-state index contributed by atoms with van der Waals surface area (Å²) in [5, 5.41) is 0.